The highest BCUT2D eigenvalue weighted by atomic mass is 14.3. The molecule has 1 saturated carbocycles. The number of allylic oxidation sites excluding steroid dienone is 2. The molecular formula is C15H16. The molecule has 0 amide bonds. The van der Waals surface area contributed by atoms with E-state index in [1.54, 1.807) is 5.57 Å². The van der Waals surface area contributed by atoms with Crippen molar-refractivity contribution in [1.29, 1.82) is 0 Å². The van der Waals surface area contributed by atoms with Gasteiger partial charge in [0.1, 0.15) is 0 Å². The van der Waals surface area contributed by atoms with Gasteiger partial charge in [0.25, 0.3) is 0 Å². The summed E-state index contributed by atoms with van der Waals surface area (Å²) >= 11 is 0. The van der Waals surface area contributed by atoms with Crippen molar-refractivity contribution in [2.45, 2.75) is 25.7 Å². The lowest BCUT2D eigenvalue weighted by molar-refractivity contribution is 0.809. The van der Waals surface area contributed by atoms with E-state index in [0.717, 1.165) is 12.3 Å². The van der Waals surface area contributed by atoms with Crippen LogP contribution < -0.4 is 0 Å². The molecule has 0 heterocycles. The van der Waals surface area contributed by atoms with E-state index >= 15 is 0 Å². The van der Waals surface area contributed by atoms with Gasteiger partial charge in [-0.2, -0.15) is 0 Å². The van der Waals surface area contributed by atoms with E-state index in [0.29, 0.717) is 0 Å². The van der Waals surface area contributed by atoms with Crippen molar-refractivity contribution in [3.8, 4) is 0 Å². The van der Waals surface area contributed by atoms with Crippen LogP contribution >= 0.6 is 0 Å². The van der Waals surface area contributed by atoms with Crippen molar-refractivity contribution >= 4 is 12.2 Å². The average Bonchev–Trinajstić information content (AvgIpc) is 3.04. The van der Waals surface area contributed by atoms with Gasteiger partial charge in [-0.1, -0.05) is 48.1 Å². The third-order valence-electron chi connectivity index (χ3n) is 3.28. The van der Waals surface area contributed by atoms with E-state index in [4.69, 9.17) is 0 Å². The highest BCUT2D eigenvalue weighted by Gasteiger charge is 2.22. The Bertz CT molecular complexity index is 419. The van der Waals surface area contributed by atoms with Crippen molar-refractivity contribution in [3.05, 3.63) is 47.0 Å². The Balaban J connectivity index is 1.92. The summed E-state index contributed by atoms with van der Waals surface area (Å²) in [6.45, 7) is 0. The molecule has 0 N–H and O–H groups in total. The van der Waals surface area contributed by atoms with Gasteiger partial charge in [0, 0.05) is 0 Å². The number of rotatable bonds is 2. The summed E-state index contributed by atoms with van der Waals surface area (Å²) in [5, 5.41) is 0. The molecule has 0 bridgehead atoms. The Kier molecular flexibility index (Phi) is 2.21. The Morgan fingerprint density at radius 3 is 2.67 bits per heavy atom. The van der Waals surface area contributed by atoms with Crippen LogP contribution in [-0.4, -0.2) is 0 Å². The predicted molar refractivity (Wildman–Crippen MR) is 65.4 cm³/mol. The second-order valence-corrected chi connectivity index (χ2v) is 4.69. The van der Waals surface area contributed by atoms with Gasteiger partial charge in [-0.25, -0.2) is 0 Å². The summed E-state index contributed by atoms with van der Waals surface area (Å²) in [4.78, 5) is 0. The first kappa shape index (κ1) is 8.96. The smallest absolute Gasteiger partial charge is 0.0132 e. The summed E-state index contributed by atoms with van der Waals surface area (Å²) in [7, 11) is 0. The molecule has 1 aromatic rings. The molecule has 3 rings (SSSR count). The normalized spacial score (nSPS) is 19.3. The van der Waals surface area contributed by atoms with Gasteiger partial charge in [-0.05, 0) is 42.7 Å². The maximum Gasteiger partial charge on any atom is -0.0132 e. The standard InChI is InChI=1S/C15H16/c1-2-6-15-11-13(10-12-8-9-12)4-3-7-14(15)5-1/h1-3,5-7,11-12H,4,8-10H2. The van der Waals surface area contributed by atoms with Crippen molar-refractivity contribution in [2.75, 3.05) is 0 Å². The van der Waals surface area contributed by atoms with Crippen LogP contribution in [0.25, 0.3) is 12.2 Å². The van der Waals surface area contributed by atoms with Crippen molar-refractivity contribution < 1.29 is 0 Å². The molecule has 2 aliphatic carbocycles. The molecule has 0 spiro atoms. The minimum atomic E-state index is 0.995. The lowest BCUT2D eigenvalue weighted by Gasteiger charge is -2.02. The molecule has 1 aromatic carbocycles. The number of benzene rings is 1. The third-order valence-corrected chi connectivity index (χ3v) is 3.28. The van der Waals surface area contributed by atoms with Gasteiger partial charge in [-0.3, -0.25) is 0 Å². The van der Waals surface area contributed by atoms with Crippen LogP contribution in [0.4, 0.5) is 0 Å². The molecule has 0 aromatic heterocycles. The zero-order chi connectivity index (χ0) is 10.1. The Labute approximate surface area is 91.3 Å². The molecule has 0 saturated heterocycles. The fourth-order valence-electron chi connectivity index (χ4n) is 2.25. The predicted octanol–water partition coefficient (Wildman–Crippen LogP) is 4.29. The molecule has 2 aliphatic rings. The molecule has 15 heavy (non-hydrogen) atoms. The fraction of sp³-hybridized carbons (Fsp3) is 0.333. The highest BCUT2D eigenvalue weighted by Crippen LogP contribution is 2.37. The monoisotopic (exact) mass is 196 g/mol. The number of hydrogen-bond acceptors (Lipinski definition) is 0. The summed E-state index contributed by atoms with van der Waals surface area (Å²) in [5.74, 6) is 0.995. The molecule has 76 valence electrons. The van der Waals surface area contributed by atoms with Gasteiger partial charge >= 0.3 is 0 Å². The molecular weight excluding hydrogens is 180 g/mol. The van der Waals surface area contributed by atoms with E-state index in [-0.39, 0.29) is 0 Å². The Morgan fingerprint density at radius 2 is 1.87 bits per heavy atom. The van der Waals surface area contributed by atoms with E-state index < -0.39 is 0 Å². The van der Waals surface area contributed by atoms with Crippen LogP contribution in [0.2, 0.25) is 0 Å². The minimum absolute atomic E-state index is 0.995. The summed E-state index contributed by atoms with van der Waals surface area (Å²) in [6, 6.07) is 8.66. The lowest BCUT2D eigenvalue weighted by Crippen LogP contribution is -1.84. The minimum Gasteiger partial charge on any atom is -0.0798 e. The maximum absolute atomic E-state index is 2.40. The quantitative estimate of drug-likeness (QED) is 0.662. The molecule has 0 aliphatic heterocycles. The first-order valence-electron chi connectivity index (χ1n) is 5.87. The second kappa shape index (κ2) is 3.69. The molecule has 0 radical (unpaired) electrons. The van der Waals surface area contributed by atoms with Crippen molar-refractivity contribution in [1.82, 2.24) is 0 Å². The second-order valence-electron chi connectivity index (χ2n) is 4.69. The van der Waals surface area contributed by atoms with Gasteiger partial charge in [0.05, 0.1) is 0 Å². The molecule has 0 heteroatoms. The van der Waals surface area contributed by atoms with Crippen LogP contribution in [0.1, 0.15) is 36.8 Å². The summed E-state index contributed by atoms with van der Waals surface area (Å²) < 4.78 is 0. The molecule has 0 nitrogen and oxygen atoms in total. The Hall–Kier alpha value is -1.30. The maximum atomic E-state index is 2.40. The lowest BCUT2D eigenvalue weighted by atomic mass is 10.0. The number of hydrogen-bond donors (Lipinski definition) is 0. The highest BCUT2D eigenvalue weighted by molar-refractivity contribution is 5.69. The van der Waals surface area contributed by atoms with Crippen LogP contribution in [0, 0.1) is 5.92 Å². The third kappa shape index (κ3) is 2.04. The van der Waals surface area contributed by atoms with E-state index in [2.05, 4.69) is 42.5 Å². The van der Waals surface area contributed by atoms with Crippen LogP contribution in [0.15, 0.2) is 35.9 Å². The van der Waals surface area contributed by atoms with Crippen LogP contribution in [-0.2, 0) is 0 Å². The van der Waals surface area contributed by atoms with Crippen molar-refractivity contribution in [3.63, 3.8) is 0 Å². The zero-order valence-corrected chi connectivity index (χ0v) is 8.95. The number of fused-ring (bicyclic) bond motifs is 1. The van der Waals surface area contributed by atoms with Gasteiger partial charge < -0.3 is 0 Å². The first-order chi connectivity index (χ1) is 7.42. The topological polar surface area (TPSA) is 0 Å². The van der Waals surface area contributed by atoms with E-state index in [9.17, 15) is 0 Å². The van der Waals surface area contributed by atoms with Crippen LogP contribution in [0.3, 0.4) is 0 Å². The SMILES string of the molecule is C1=Cc2ccccc2C=C(CC2CC2)C1. The van der Waals surface area contributed by atoms with E-state index in [1.165, 1.54) is 30.4 Å². The fourth-order valence-corrected chi connectivity index (χ4v) is 2.25. The van der Waals surface area contributed by atoms with Gasteiger partial charge in [-0.15, -0.1) is 0 Å². The van der Waals surface area contributed by atoms with Crippen molar-refractivity contribution in [2.24, 2.45) is 5.92 Å². The first-order valence-corrected chi connectivity index (χ1v) is 5.87. The average molecular weight is 196 g/mol. The van der Waals surface area contributed by atoms with E-state index in [1.807, 2.05) is 0 Å². The Morgan fingerprint density at radius 1 is 1.07 bits per heavy atom. The van der Waals surface area contributed by atoms with Crippen LogP contribution in [0.5, 0.6) is 0 Å². The summed E-state index contributed by atoms with van der Waals surface area (Å²) in [5.41, 5.74) is 4.36. The van der Waals surface area contributed by atoms with Gasteiger partial charge in [0.2, 0.25) is 0 Å². The summed E-state index contributed by atoms with van der Waals surface area (Å²) in [6.07, 6.45) is 12.3. The zero-order valence-electron chi connectivity index (χ0n) is 8.95. The molecule has 0 atom stereocenters. The molecule has 1 fully saturated rings. The largest absolute Gasteiger partial charge is 0.0798 e. The van der Waals surface area contributed by atoms with Gasteiger partial charge in [0.15, 0.2) is 0 Å². The molecule has 0 unspecified atom stereocenters.